The molecule has 0 aromatic carbocycles. The summed E-state index contributed by atoms with van der Waals surface area (Å²) in [6.07, 6.45) is 6.42. The molecule has 0 spiro atoms. The van der Waals surface area contributed by atoms with E-state index in [0.29, 0.717) is 11.8 Å². The minimum atomic E-state index is 0. The number of imidazole rings is 1. The fraction of sp³-hybridized carbons (Fsp3) is 0.625. The summed E-state index contributed by atoms with van der Waals surface area (Å²) in [7, 11) is 0. The summed E-state index contributed by atoms with van der Waals surface area (Å²) in [6.45, 7) is 3.97. The van der Waals surface area contributed by atoms with Gasteiger partial charge in [-0.05, 0) is 55.8 Å². The molecule has 1 unspecified atom stereocenters. The fourth-order valence-corrected chi connectivity index (χ4v) is 3.57. The second-order valence-corrected chi connectivity index (χ2v) is 6.24. The van der Waals surface area contributed by atoms with Crippen LogP contribution in [0.5, 0.6) is 0 Å². The zero-order valence-electron chi connectivity index (χ0n) is 13.1. The van der Waals surface area contributed by atoms with Crippen LogP contribution < -0.4 is 5.32 Å². The molecule has 4 rings (SSSR count). The van der Waals surface area contributed by atoms with Crippen LogP contribution in [0.2, 0.25) is 0 Å². The van der Waals surface area contributed by atoms with Gasteiger partial charge in [0.2, 0.25) is 0 Å². The maximum Gasteiger partial charge on any atom is 0.177 e. The number of piperidine rings is 1. The number of nitrogens with one attached hydrogen (secondary N) is 2. The molecule has 2 saturated heterocycles. The lowest BCUT2D eigenvalue weighted by Gasteiger charge is -2.23. The van der Waals surface area contributed by atoms with Crippen LogP contribution in [-0.2, 0) is 11.2 Å². The number of nitrogens with zero attached hydrogens (tertiary/aromatic N) is 2. The van der Waals surface area contributed by atoms with Crippen LogP contribution in [0.15, 0.2) is 12.3 Å². The van der Waals surface area contributed by atoms with Gasteiger partial charge in [-0.25, -0.2) is 9.97 Å². The highest BCUT2D eigenvalue weighted by atomic mass is 35.5. The third kappa shape index (κ3) is 3.97. The lowest BCUT2D eigenvalue weighted by Crippen LogP contribution is -2.26. The maximum absolute atomic E-state index is 5.46. The van der Waals surface area contributed by atoms with Gasteiger partial charge in [0.1, 0.15) is 5.82 Å². The first-order chi connectivity index (χ1) is 10.4. The van der Waals surface area contributed by atoms with E-state index in [0.717, 1.165) is 56.1 Å². The third-order valence-corrected chi connectivity index (χ3v) is 4.76. The number of ether oxygens (including phenoxy) is 1. The van der Waals surface area contributed by atoms with Crippen molar-refractivity contribution in [3.63, 3.8) is 0 Å². The first kappa shape index (κ1) is 18.5. The van der Waals surface area contributed by atoms with E-state index in [-0.39, 0.29) is 24.8 Å². The molecule has 0 bridgehead atoms. The Bertz CT molecular complexity index is 622. The highest BCUT2D eigenvalue weighted by Crippen LogP contribution is 2.30. The van der Waals surface area contributed by atoms with Crippen molar-refractivity contribution in [2.24, 2.45) is 5.92 Å². The van der Waals surface area contributed by atoms with Crippen LogP contribution >= 0.6 is 24.8 Å². The second-order valence-electron chi connectivity index (χ2n) is 6.24. The van der Waals surface area contributed by atoms with Crippen LogP contribution in [0.3, 0.4) is 0 Å². The third-order valence-electron chi connectivity index (χ3n) is 4.76. The Hall–Kier alpha value is -0.880. The minimum absolute atomic E-state index is 0. The predicted octanol–water partition coefficient (Wildman–Crippen LogP) is 2.85. The molecule has 0 saturated carbocycles. The molecule has 23 heavy (non-hydrogen) atoms. The zero-order chi connectivity index (χ0) is 14.1. The maximum atomic E-state index is 5.46. The molecule has 4 heterocycles. The van der Waals surface area contributed by atoms with E-state index in [9.17, 15) is 0 Å². The Morgan fingerprint density at radius 1 is 1.17 bits per heavy atom. The molecular weight excluding hydrogens is 335 g/mol. The van der Waals surface area contributed by atoms with E-state index >= 15 is 0 Å². The molecular formula is C16H24Cl2N4O. The summed E-state index contributed by atoms with van der Waals surface area (Å²) in [5.41, 5.74) is 3.42. The molecule has 7 heteroatoms. The lowest BCUT2D eigenvalue weighted by atomic mass is 9.90. The Morgan fingerprint density at radius 3 is 2.74 bits per heavy atom. The molecule has 128 valence electrons. The largest absolute Gasteiger partial charge is 0.381 e. The second kappa shape index (κ2) is 8.29. The van der Waals surface area contributed by atoms with Gasteiger partial charge in [-0.15, -0.1) is 24.8 Å². The number of pyridine rings is 1. The molecule has 1 atom stereocenters. The van der Waals surface area contributed by atoms with Crippen molar-refractivity contribution in [2.45, 2.75) is 31.6 Å². The first-order valence-electron chi connectivity index (χ1n) is 8.02. The van der Waals surface area contributed by atoms with Gasteiger partial charge in [0, 0.05) is 25.8 Å². The van der Waals surface area contributed by atoms with Crippen molar-refractivity contribution >= 4 is 36.0 Å². The topological polar surface area (TPSA) is 62.8 Å². The summed E-state index contributed by atoms with van der Waals surface area (Å²) < 4.78 is 5.46. The Kier molecular flexibility index (Phi) is 6.65. The summed E-state index contributed by atoms with van der Waals surface area (Å²) in [5.74, 6) is 2.29. The number of hydrogen-bond donors (Lipinski definition) is 2. The average molecular weight is 359 g/mol. The Labute approximate surface area is 148 Å². The van der Waals surface area contributed by atoms with Gasteiger partial charge in [-0.3, -0.25) is 0 Å². The number of halogens is 2. The van der Waals surface area contributed by atoms with Gasteiger partial charge in [0.25, 0.3) is 0 Å². The van der Waals surface area contributed by atoms with Gasteiger partial charge in [0.15, 0.2) is 5.65 Å². The number of aromatic nitrogens is 3. The normalized spacial score (nSPS) is 21.8. The van der Waals surface area contributed by atoms with Crippen molar-refractivity contribution in [3.05, 3.63) is 23.7 Å². The van der Waals surface area contributed by atoms with Gasteiger partial charge >= 0.3 is 0 Å². The number of hydrogen-bond acceptors (Lipinski definition) is 4. The molecule has 2 aliphatic heterocycles. The quantitative estimate of drug-likeness (QED) is 0.885. The highest BCUT2D eigenvalue weighted by molar-refractivity contribution is 5.85. The van der Waals surface area contributed by atoms with Gasteiger partial charge in [0.05, 0.1) is 5.52 Å². The number of rotatable bonds is 3. The van der Waals surface area contributed by atoms with Crippen molar-refractivity contribution in [1.29, 1.82) is 0 Å². The summed E-state index contributed by atoms with van der Waals surface area (Å²) >= 11 is 0. The van der Waals surface area contributed by atoms with Crippen LogP contribution in [0.4, 0.5) is 0 Å². The lowest BCUT2D eigenvalue weighted by molar-refractivity contribution is 0.185. The van der Waals surface area contributed by atoms with Gasteiger partial charge in [-0.2, -0.15) is 0 Å². The van der Waals surface area contributed by atoms with Gasteiger partial charge in [-0.1, -0.05) is 0 Å². The molecule has 0 aliphatic carbocycles. The van der Waals surface area contributed by atoms with Crippen molar-refractivity contribution in [2.75, 3.05) is 26.3 Å². The number of H-pyrrole nitrogens is 1. The Balaban J connectivity index is 0.000000960. The fourth-order valence-electron chi connectivity index (χ4n) is 3.57. The van der Waals surface area contributed by atoms with Crippen molar-refractivity contribution in [1.82, 2.24) is 20.3 Å². The molecule has 2 aromatic heterocycles. The first-order valence-corrected chi connectivity index (χ1v) is 8.02. The minimum Gasteiger partial charge on any atom is -0.381 e. The van der Waals surface area contributed by atoms with E-state index in [1.54, 1.807) is 0 Å². The number of fused-ring (bicyclic) bond motifs is 1. The van der Waals surface area contributed by atoms with E-state index in [1.807, 2.05) is 6.20 Å². The van der Waals surface area contributed by atoms with Crippen molar-refractivity contribution < 1.29 is 4.74 Å². The van der Waals surface area contributed by atoms with E-state index < -0.39 is 0 Å². The van der Waals surface area contributed by atoms with Gasteiger partial charge < -0.3 is 15.0 Å². The van der Waals surface area contributed by atoms with Crippen LogP contribution in [0.25, 0.3) is 11.2 Å². The zero-order valence-corrected chi connectivity index (χ0v) is 14.7. The predicted molar refractivity (Wildman–Crippen MR) is 95.9 cm³/mol. The van der Waals surface area contributed by atoms with Crippen LogP contribution in [0, 0.1) is 5.92 Å². The molecule has 2 fully saturated rings. The number of aromatic amines is 1. The standard InChI is InChI=1S/C16H22N4O.2ClH/c1-5-17-6-2-12(1)13-3-7-18-16-15(13)19-14(20-16)9-11-4-8-21-10-11;;/h3,7,11-12,17H,1-2,4-6,8-10H2,(H,18,19,20);2*1H. The van der Waals surface area contributed by atoms with E-state index in [4.69, 9.17) is 9.72 Å². The Morgan fingerprint density at radius 2 is 2.00 bits per heavy atom. The molecule has 0 radical (unpaired) electrons. The molecule has 2 aliphatic rings. The van der Waals surface area contributed by atoms with Crippen LogP contribution in [-0.4, -0.2) is 41.3 Å². The molecule has 0 amide bonds. The average Bonchev–Trinajstić information content (AvgIpc) is 3.17. The molecule has 5 nitrogen and oxygen atoms in total. The molecule has 2 N–H and O–H groups in total. The summed E-state index contributed by atoms with van der Waals surface area (Å²) in [5, 5.41) is 3.43. The SMILES string of the molecule is Cl.Cl.c1cc(C2CCNCC2)c2[nH]c(CC3CCOC3)nc2n1. The van der Waals surface area contributed by atoms with E-state index in [2.05, 4.69) is 21.4 Å². The monoisotopic (exact) mass is 358 g/mol. The highest BCUT2D eigenvalue weighted by Gasteiger charge is 2.21. The van der Waals surface area contributed by atoms with Crippen LogP contribution in [0.1, 0.15) is 36.6 Å². The van der Waals surface area contributed by atoms with E-state index in [1.165, 1.54) is 18.4 Å². The summed E-state index contributed by atoms with van der Waals surface area (Å²) in [6, 6.07) is 2.17. The summed E-state index contributed by atoms with van der Waals surface area (Å²) in [4.78, 5) is 12.7. The smallest absolute Gasteiger partial charge is 0.177 e. The molecule has 2 aromatic rings. The van der Waals surface area contributed by atoms with Crippen molar-refractivity contribution in [3.8, 4) is 0 Å².